The molecule has 0 radical (unpaired) electrons. The molecular weight excluding hydrogens is 264 g/mol. The lowest BCUT2D eigenvalue weighted by molar-refractivity contribution is -0.0183. The van der Waals surface area contributed by atoms with Crippen LogP contribution in [0.3, 0.4) is 0 Å². The number of ether oxygens (including phenoxy) is 2. The van der Waals surface area contributed by atoms with E-state index in [1.165, 1.54) is 0 Å². The van der Waals surface area contributed by atoms with Gasteiger partial charge in [-0.25, -0.2) is 4.63 Å². The first kappa shape index (κ1) is 14.7. The number of carbonyl (C=O) groups excluding carboxylic acids is 1. The third-order valence-corrected chi connectivity index (χ3v) is 3.23. The molecule has 0 unspecified atom stereocenters. The van der Waals surface area contributed by atoms with Crippen LogP contribution in [0.5, 0.6) is 0 Å². The summed E-state index contributed by atoms with van der Waals surface area (Å²) < 4.78 is 15.4. The van der Waals surface area contributed by atoms with Crippen LogP contribution in [0.25, 0.3) is 0 Å². The molecule has 1 aromatic heterocycles. The second-order valence-corrected chi connectivity index (χ2v) is 4.56. The van der Waals surface area contributed by atoms with Gasteiger partial charge in [0.05, 0.1) is 19.3 Å². The highest BCUT2D eigenvalue weighted by Gasteiger charge is 2.27. The Morgan fingerprint density at radius 2 is 2.15 bits per heavy atom. The van der Waals surface area contributed by atoms with Crippen molar-refractivity contribution in [1.82, 2.24) is 15.2 Å². The summed E-state index contributed by atoms with van der Waals surface area (Å²) >= 11 is 0. The molecule has 1 amide bonds. The topological polar surface area (TPSA) is 104 Å². The molecule has 0 spiro atoms. The molecule has 2 heterocycles. The van der Waals surface area contributed by atoms with E-state index < -0.39 is 0 Å². The van der Waals surface area contributed by atoms with Gasteiger partial charge in [0.25, 0.3) is 5.91 Å². The zero-order valence-corrected chi connectivity index (χ0v) is 11.6. The number of nitrogen functional groups attached to an aromatic ring is 1. The fourth-order valence-corrected chi connectivity index (χ4v) is 2.14. The van der Waals surface area contributed by atoms with E-state index in [0.717, 1.165) is 12.8 Å². The van der Waals surface area contributed by atoms with Crippen molar-refractivity contribution in [3.63, 3.8) is 0 Å². The minimum absolute atomic E-state index is 0.0325. The molecule has 2 N–H and O–H groups in total. The molecule has 2 rings (SSSR count). The smallest absolute Gasteiger partial charge is 0.280 e. The van der Waals surface area contributed by atoms with Crippen LogP contribution in [0.15, 0.2) is 4.63 Å². The van der Waals surface area contributed by atoms with Gasteiger partial charge in [-0.2, -0.15) is 0 Å². The maximum absolute atomic E-state index is 12.1. The fourth-order valence-electron chi connectivity index (χ4n) is 2.14. The molecule has 1 fully saturated rings. The van der Waals surface area contributed by atoms with Gasteiger partial charge in [0, 0.05) is 19.7 Å². The molecule has 0 saturated carbocycles. The number of likely N-dealkylation sites (tertiary alicyclic amines) is 1. The van der Waals surface area contributed by atoms with Crippen molar-refractivity contribution >= 4 is 11.7 Å². The second kappa shape index (κ2) is 7.20. The molecular formula is C12H20N4O4. The maximum Gasteiger partial charge on any atom is 0.280 e. The summed E-state index contributed by atoms with van der Waals surface area (Å²) in [6.45, 7) is 5.08. The van der Waals surface area contributed by atoms with E-state index in [-0.39, 0.29) is 23.5 Å². The summed E-state index contributed by atoms with van der Waals surface area (Å²) in [6, 6.07) is 0. The quantitative estimate of drug-likeness (QED) is 0.749. The Labute approximate surface area is 117 Å². The van der Waals surface area contributed by atoms with Crippen molar-refractivity contribution in [3.05, 3.63) is 5.69 Å². The molecule has 0 aliphatic carbocycles. The summed E-state index contributed by atoms with van der Waals surface area (Å²) in [5, 5.41) is 6.94. The van der Waals surface area contributed by atoms with Crippen LogP contribution < -0.4 is 5.73 Å². The standard InChI is InChI=1S/C12H20N4O4/c1-2-18-7-8-19-9-3-5-16(6-4-9)12(17)10-11(13)15-20-14-10/h9H,2-8H2,1H3,(H2,13,15). The molecule has 8 heteroatoms. The molecule has 0 atom stereocenters. The Balaban J connectivity index is 1.74. The number of carbonyl (C=O) groups is 1. The lowest BCUT2D eigenvalue weighted by Gasteiger charge is -2.31. The molecule has 0 bridgehead atoms. The maximum atomic E-state index is 12.1. The van der Waals surface area contributed by atoms with E-state index >= 15 is 0 Å². The van der Waals surface area contributed by atoms with Gasteiger partial charge in [-0.1, -0.05) is 0 Å². The first-order chi connectivity index (χ1) is 9.72. The van der Waals surface area contributed by atoms with Gasteiger partial charge >= 0.3 is 0 Å². The second-order valence-electron chi connectivity index (χ2n) is 4.56. The summed E-state index contributed by atoms with van der Waals surface area (Å²) in [6.07, 6.45) is 1.76. The lowest BCUT2D eigenvalue weighted by Crippen LogP contribution is -2.41. The molecule has 1 aromatic rings. The Morgan fingerprint density at radius 3 is 2.75 bits per heavy atom. The van der Waals surface area contributed by atoms with Crippen LogP contribution in [0.1, 0.15) is 30.3 Å². The largest absolute Gasteiger partial charge is 0.379 e. The Morgan fingerprint density at radius 1 is 1.40 bits per heavy atom. The minimum Gasteiger partial charge on any atom is -0.379 e. The van der Waals surface area contributed by atoms with Gasteiger partial charge in [0.2, 0.25) is 11.5 Å². The SMILES string of the molecule is CCOCCOC1CCN(C(=O)c2nonc2N)CC1. The molecule has 112 valence electrons. The summed E-state index contributed by atoms with van der Waals surface area (Å²) in [5.74, 6) is -0.207. The highest BCUT2D eigenvalue weighted by Crippen LogP contribution is 2.17. The van der Waals surface area contributed by atoms with Crippen molar-refractivity contribution in [2.45, 2.75) is 25.9 Å². The van der Waals surface area contributed by atoms with Gasteiger partial charge in [-0.3, -0.25) is 4.79 Å². The molecule has 20 heavy (non-hydrogen) atoms. The summed E-state index contributed by atoms with van der Waals surface area (Å²) in [4.78, 5) is 13.8. The van der Waals surface area contributed by atoms with Crippen LogP contribution in [0.4, 0.5) is 5.82 Å². The number of aromatic nitrogens is 2. The van der Waals surface area contributed by atoms with Gasteiger partial charge < -0.3 is 20.1 Å². The zero-order chi connectivity index (χ0) is 14.4. The van der Waals surface area contributed by atoms with Gasteiger partial charge in [-0.15, -0.1) is 0 Å². The Bertz CT molecular complexity index is 429. The number of hydrogen-bond donors (Lipinski definition) is 1. The van der Waals surface area contributed by atoms with E-state index in [1.807, 2.05) is 6.92 Å². The van der Waals surface area contributed by atoms with E-state index in [2.05, 4.69) is 14.9 Å². The third-order valence-electron chi connectivity index (χ3n) is 3.23. The molecule has 0 aromatic carbocycles. The minimum atomic E-state index is -0.239. The number of amides is 1. The number of rotatable bonds is 6. The lowest BCUT2D eigenvalue weighted by atomic mass is 10.1. The fraction of sp³-hybridized carbons (Fsp3) is 0.750. The number of hydrogen-bond acceptors (Lipinski definition) is 7. The number of anilines is 1. The third kappa shape index (κ3) is 3.67. The summed E-state index contributed by atoms with van der Waals surface area (Å²) in [5.41, 5.74) is 5.60. The van der Waals surface area contributed by atoms with Crippen LogP contribution in [0.2, 0.25) is 0 Å². The van der Waals surface area contributed by atoms with Crippen LogP contribution in [-0.2, 0) is 9.47 Å². The molecule has 1 saturated heterocycles. The summed E-state index contributed by atoms with van der Waals surface area (Å²) in [7, 11) is 0. The predicted molar refractivity (Wildman–Crippen MR) is 70.1 cm³/mol. The van der Waals surface area contributed by atoms with Crippen molar-refractivity contribution in [3.8, 4) is 0 Å². The van der Waals surface area contributed by atoms with E-state index in [0.29, 0.717) is 32.9 Å². The van der Waals surface area contributed by atoms with Crippen LogP contribution >= 0.6 is 0 Å². The average Bonchev–Trinajstić information content (AvgIpc) is 2.90. The predicted octanol–water partition coefficient (Wildman–Crippen LogP) is 0.309. The first-order valence-corrected chi connectivity index (χ1v) is 6.79. The van der Waals surface area contributed by atoms with Gasteiger partial charge in [0.15, 0.2) is 0 Å². The Hall–Kier alpha value is -1.67. The highest BCUT2D eigenvalue weighted by molar-refractivity contribution is 5.96. The number of nitrogens with zero attached hydrogens (tertiary/aromatic N) is 3. The van der Waals surface area contributed by atoms with Gasteiger partial charge in [0.1, 0.15) is 0 Å². The molecule has 8 nitrogen and oxygen atoms in total. The van der Waals surface area contributed by atoms with Crippen LogP contribution in [-0.4, -0.2) is 60.1 Å². The van der Waals surface area contributed by atoms with Crippen molar-refractivity contribution in [2.24, 2.45) is 0 Å². The number of nitrogens with two attached hydrogens (primary N) is 1. The normalized spacial score (nSPS) is 16.6. The van der Waals surface area contributed by atoms with Crippen LogP contribution in [0, 0.1) is 0 Å². The monoisotopic (exact) mass is 284 g/mol. The Kier molecular flexibility index (Phi) is 5.31. The zero-order valence-electron chi connectivity index (χ0n) is 11.6. The van der Waals surface area contributed by atoms with Crippen molar-refractivity contribution in [2.75, 3.05) is 38.6 Å². The first-order valence-electron chi connectivity index (χ1n) is 6.79. The van der Waals surface area contributed by atoms with E-state index in [9.17, 15) is 4.79 Å². The van der Waals surface area contributed by atoms with Crippen molar-refractivity contribution in [1.29, 1.82) is 0 Å². The average molecular weight is 284 g/mol. The number of piperidine rings is 1. The highest BCUT2D eigenvalue weighted by atomic mass is 16.6. The van der Waals surface area contributed by atoms with Crippen molar-refractivity contribution < 1.29 is 18.9 Å². The van der Waals surface area contributed by atoms with Gasteiger partial charge in [-0.05, 0) is 30.1 Å². The molecule has 1 aliphatic rings. The van der Waals surface area contributed by atoms with E-state index in [4.69, 9.17) is 15.2 Å². The van der Waals surface area contributed by atoms with E-state index in [1.54, 1.807) is 4.90 Å². The molecule has 1 aliphatic heterocycles.